The molecule has 0 radical (unpaired) electrons. The van der Waals surface area contributed by atoms with Crippen molar-refractivity contribution in [2.75, 3.05) is 5.23 Å². The van der Waals surface area contributed by atoms with Crippen LogP contribution in [0, 0.1) is 29.1 Å². The maximum Gasteiger partial charge on any atom is 0.200 e. The fraction of sp³-hybridized carbons (Fsp3) is 0. The fourth-order valence-electron chi connectivity index (χ4n) is 0.831. The second-order valence-corrected chi connectivity index (χ2v) is 2.39. The van der Waals surface area contributed by atoms with Crippen LogP contribution in [-0.4, -0.2) is 5.45 Å². The Balaban J connectivity index is 3.51. The van der Waals surface area contributed by atoms with E-state index < -0.39 is 45.5 Å². The number of benzene rings is 1. The minimum atomic E-state index is -2.63. The summed E-state index contributed by atoms with van der Waals surface area (Å²) in [5.41, 5.74) is -4.89. The third-order valence-electron chi connectivity index (χ3n) is 1.50. The van der Waals surface area contributed by atoms with Crippen molar-refractivity contribution in [2.24, 2.45) is 0 Å². The number of hydrazine groups is 1. The van der Waals surface area contributed by atoms with Gasteiger partial charge in [-0.05, 0) is 0 Å². The number of hydrogen-bond acceptors (Lipinski definition) is 2. The Labute approximate surface area is 82.1 Å². The van der Waals surface area contributed by atoms with Gasteiger partial charge in [0.2, 0.25) is 5.82 Å². The largest absolute Gasteiger partial charge is 0.201 e. The molecule has 2 nitrogen and oxygen atoms in total. The van der Waals surface area contributed by atoms with Crippen LogP contribution in [0.3, 0.4) is 0 Å². The maximum atomic E-state index is 12.7. The SMILES string of the molecule is Fc1c(F)c(F)c(N(F)N(F)F)c(F)c1F. The molecule has 10 heteroatoms. The Morgan fingerprint density at radius 3 is 1.19 bits per heavy atom. The van der Waals surface area contributed by atoms with Gasteiger partial charge in [-0.3, -0.25) is 0 Å². The van der Waals surface area contributed by atoms with Crippen LogP contribution in [0.25, 0.3) is 0 Å². The monoisotopic (exact) mass is 252 g/mol. The van der Waals surface area contributed by atoms with Gasteiger partial charge in [0.05, 0.1) is 0 Å². The molecule has 0 amide bonds. The Kier molecular flexibility index (Phi) is 3.21. The van der Waals surface area contributed by atoms with E-state index in [1.165, 1.54) is 0 Å². The highest BCUT2D eigenvalue weighted by Gasteiger charge is 2.32. The van der Waals surface area contributed by atoms with E-state index in [1.807, 2.05) is 0 Å². The highest BCUT2D eigenvalue weighted by atomic mass is 19.4. The molecule has 0 unspecified atom stereocenters. The summed E-state index contributed by atoms with van der Waals surface area (Å²) in [5.74, 6) is -13.0. The van der Waals surface area contributed by atoms with Crippen LogP contribution < -0.4 is 5.23 Å². The van der Waals surface area contributed by atoms with Gasteiger partial charge < -0.3 is 0 Å². The van der Waals surface area contributed by atoms with Gasteiger partial charge in [-0.2, -0.15) is 0 Å². The average Bonchev–Trinajstić information content (AvgIpc) is 2.23. The molecule has 16 heavy (non-hydrogen) atoms. The standard InChI is InChI=1S/C6F8N2/c7-1-2(8)4(10)6(5(11)3(1)9)15(12)16(13)14. The molecule has 0 aromatic heterocycles. The molecule has 0 N–H and O–H groups in total. The third kappa shape index (κ3) is 1.75. The first-order chi connectivity index (χ1) is 7.29. The van der Waals surface area contributed by atoms with E-state index in [9.17, 15) is 35.4 Å². The molecule has 1 rings (SSSR count). The molecule has 1 aromatic carbocycles. The zero-order valence-corrected chi connectivity index (χ0v) is 6.92. The lowest BCUT2D eigenvalue weighted by Crippen LogP contribution is -2.25. The van der Waals surface area contributed by atoms with E-state index >= 15 is 0 Å². The Morgan fingerprint density at radius 2 is 0.875 bits per heavy atom. The first-order valence-corrected chi connectivity index (χ1v) is 3.38. The summed E-state index contributed by atoms with van der Waals surface area (Å²) < 4.78 is 98.0. The van der Waals surface area contributed by atoms with Gasteiger partial charge in [0.25, 0.3) is 0 Å². The van der Waals surface area contributed by atoms with Crippen molar-refractivity contribution < 1.29 is 35.4 Å². The lowest BCUT2D eigenvalue weighted by atomic mass is 10.2. The van der Waals surface area contributed by atoms with Gasteiger partial charge in [0, 0.05) is 0 Å². The molecule has 0 aliphatic rings. The lowest BCUT2D eigenvalue weighted by molar-refractivity contribution is -0.197. The molecule has 0 bridgehead atoms. The van der Waals surface area contributed by atoms with E-state index in [1.54, 1.807) is 0 Å². The molecular weight excluding hydrogens is 252 g/mol. The second kappa shape index (κ2) is 4.12. The van der Waals surface area contributed by atoms with Gasteiger partial charge in [-0.15, -0.1) is 0 Å². The van der Waals surface area contributed by atoms with Crippen molar-refractivity contribution in [1.29, 1.82) is 0 Å². The summed E-state index contributed by atoms with van der Waals surface area (Å²) in [6.07, 6.45) is 0. The average molecular weight is 252 g/mol. The molecule has 90 valence electrons. The Hall–Kier alpha value is -1.58. The summed E-state index contributed by atoms with van der Waals surface area (Å²) in [7, 11) is 0. The predicted octanol–water partition coefficient (Wildman–Crippen LogP) is 3.06. The highest BCUT2D eigenvalue weighted by Crippen LogP contribution is 2.31. The molecule has 1 aromatic rings. The predicted molar refractivity (Wildman–Crippen MR) is 33.9 cm³/mol. The zero-order valence-electron chi connectivity index (χ0n) is 6.92. The fourth-order valence-corrected chi connectivity index (χ4v) is 0.831. The van der Waals surface area contributed by atoms with Gasteiger partial charge in [0.1, 0.15) is 0 Å². The molecule has 0 aliphatic carbocycles. The topological polar surface area (TPSA) is 6.48 Å². The summed E-state index contributed by atoms with van der Waals surface area (Å²) in [6, 6.07) is 0. The Bertz CT molecular complexity index is 390. The molecule has 0 aliphatic heterocycles. The van der Waals surface area contributed by atoms with Crippen LogP contribution in [-0.2, 0) is 0 Å². The first-order valence-electron chi connectivity index (χ1n) is 3.38. The molecule has 0 fully saturated rings. The minimum Gasteiger partial charge on any atom is -0.201 e. The Morgan fingerprint density at radius 1 is 0.562 bits per heavy atom. The molecule has 0 saturated carbocycles. The number of anilines is 1. The van der Waals surface area contributed by atoms with Gasteiger partial charge in [-0.1, -0.05) is 18.7 Å². The van der Waals surface area contributed by atoms with Crippen LogP contribution in [0.15, 0.2) is 0 Å². The van der Waals surface area contributed by atoms with Crippen LogP contribution in [0.4, 0.5) is 41.1 Å². The number of hydrogen-bond donors (Lipinski definition) is 0. The lowest BCUT2D eigenvalue weighted by Gasteiger charge is -2.14. The van der Waals surface area contributed by atoms with Crippen molar-refractivity contribution in [3.8, 4) is 0 Å². The van der Waals surface area contributed by atoms with Gasteiger partial charge in [-0.25, -0.2) is 22.0 Å². The van der Waals surface area contributed by atoms with Gasteiger partial charge in [0.15, 0.2) is 34.4 Å². The van der Waals surface area contributed by atoms with E-state index in [0.717, 1.165) is 0 Å². The molecule has 0 spiro atoms. The molecular formula is C6F8N2. The van der Waals surface area contributed by atoms with Crippen molar-refractivity contribution in [3.05, 3.63) is 29.1 Å². The molecule has 0 heterocycles. The van der Waals surface area contributed by atoms with Crippen molar-refractivity contribution in [2.45, 2.75) is 0 Å². The third-order valence-corrected chi connectivity index (χ3v) is 1.50. The molecule has 0 atom stereocenters. The molecule has 0 saturated heterocycles. The number of nitrogens with zero attached hydrogens (tertiary/aromatic N) is 2. The minimum absolute atomic E-state index is 2.02. The van der Waals surface area contributed by atoms with Crippen LogP contribution >= 0.6 is 0 Å². The summed E-state index contributed by atoms with van der Waals surface area (Å²) in [4.78, 5) is 0. The smallest absolute Gasteiger partial charge is 0.200 e. The van der Waals surface area contributed by atoms with Crippen LogP contribution in [0.2, 0.25) is 0 Å². The second-order valence-electron chi connectivity index (χ2n) is 2.39. The maximum absolute atomic E-state index is 12.7. The van der Waals surface area contributed by atoms with Crippen molar-refractivity contribution >= 4 is 5.69 Å². The van der Waals surface area contributed by atoms with Crippen LogP contribution in [0.5, 0.6) is 0 Å². The zero-order chi connectivity index (χ0) is 12.6. The summed E-state index contributed by atoms with van der Waals surface area (Å²) in [5, 5.41) is -2.02. The normalized spacial score (nSPS) is 11.1. The van der Waals surface area contributed by atoms with Crippen molar-refractivity contribution in [1.82, 2.24) is 5.45 Å². The van der Waals surface area contributed by atoms with Crippen molar-refractivity contribution in [3.63, 3.8) is 0 Å². The van der Waals surface area contributed by atoms with Gasteiger partial charge >= 0.3 is 0 Å². The van der Waals surface area contributed by atoms with Crippen LogP contribution in [0.1, 0.15) is 0 Å². The number of rotatable bonds is 2. The van der Waals surface area contributed by atoms with E-state index in [0.29, 0.717) is 0 Å². The first kappa shape index (κ1) is 12.5. The highest BCUT2D eigenvalue weighted by molar-refractivity contribution is 5.46. The summed E-state index contributed by atoms with van der Waals surface area (Å²) >= 11 is 0. The summed E-state index contributed by atoms with van der Waals surface area (Å²) in [6.45, 7) is 0. The van der Waals surface area contributed by atoms with E-state index in [-0.39, 0.29) is 0 Å². The quantitative estimate of drug-likeness (QED) is 0.262. The van der Waals surface area contributed by atoms with E-state index in [2.05, 4.69) is 0 Å². The van der Waals surface area contributed by atoms with E-state index in [4.69, 9.17) is 0 Å². The number of halogens is 8.